The van der Waals surface area contributed by atoms with Gasteiger partial charge in [-0.25, -0.2) is 4.98 Å². The number of hydrogen-bond donors (Lipinski definition) is 1. The van der Waals surface area contributed by atoms with Gasteiger partial charge in [0.15, 0.2) is 0 Å². The summed E-state index contributed by atoms with van der Waals surface area (Å²) in [7, 11) is 0. The highest BCUT2D eigenvalue weighted by Gasteiger charge is 2.40. The zero-order valence-electron chi connectivity index (χ0n) is 14.8. The third-order valence-corrected chi connectivity index (χ3v) is 5.31. The summed E-state index contributed by atoms with van der Waals surface area (Å²) in [5, 5.41) is 15.5. The van der Waals surface area contributed by atoms with Gasteiger partial charge in [-0.15, -0.1) is 0 Å². The van der Waals surface area contributed by atoms with Crippen molar-refractivity contribution in [3.8, 4) is 0 Å². The number of carbonyl (C=O) groups is 1. The third kappa shape index (κ3) is 3.02. The fraction of sp³-hybridized carbons (Fsp3) is 0.611. The topological polar surface area (TPSA) is 82.7 Å². The number of aliphatic hydroxyl groups is 1. The summed E-state index contributed by atoms with van der Waals surface area (Å²) in [6, 6.07) is 1.78. The Morgan fingerprint density at radius 1 is 1.32 bits per heavy atom. The number of carbonyl (C=O) groups excluding carboxylic acids is 1. The summed E-state index contributed by atoms with van der Waals surface area (Å²) in [6.07, 6.45) is 3.00. The van der Waals surface area contributed by atoms with Crippen LogP contribution >= 0.6 is 0 Å². The van der Waals surface area contributed by atoms with Gasteiger partial charge in [-0.1, -0.05) is 5.16 Å². The first-order chi connectivity index (χ1) is 12.0. The minimum atomic E-state index is -0.815. The van der Waals surface area contributed by atoms with E-state index < -0.39 is 5.60 Å². The Labute approximate surface area is 146 Å². The summed E-state index contributed by atoms with van der Waals surface area (Å²) in [5.41, 5.74) is 1.53. The Morgan fingerprint density at radius 2 is 2.08 bits per heavy atom. The van der Waals surface area contributed by atoms with Crippen molar-refractivity contribution in [3.05, 3.63) is 23.0 Å². The maximum absolute atomic E-state index is 13.1. The van der Waals surface area contributed by atoms with Crippen LogP contribution in [0.25, 0.3) is 11.1 Å². The van der Waals surface area contributed by atoms with Gasteiger partial charge >= 0.3 is 0 Å². The highest BCUT2D eigenvalue weighted by molar-refractivity contribution is 6.06. The number of rotatable bonds is 3. The molecule has 0 spiro atoms. The predicted molar refractivity (Wildman–Crippen MR) is 92.4 cm³/mol. The molecule has 0 aliphatic carbocycles. The SMILES string of the molecule is Cc1cc(C(=O)N2CC[C@@](O)(CN3CCCC3)C2)c2c(C)noc2n1. The molecule has 0 aromatic carbocycles. The van der Waals surface area contributed by atoms with Crippen molar-refractivity contribution in [2.24, 2.45) is 0 Å². The predicted octanol–water partition coefficient (Wildman–Crippen LogP) is 1.51. The van der Waals surface area contributed by atoms with E-state index in [1.54, 1.807) is 11.0 Å². The summed E-state index contributed by atoms with van der Waals surface area (Å²) in [4.78, 5) is 21.4. The molecule has 0 saturated carbocycles. The van der Waals surface area contributed by atoms with Crippen LogP contribution in [0, 0.1) is 13.8 Å². The second-order valence-corrected chi connectivity index (χ2v) is 7.44. The Kier molecular flexibility index (Phi) is 4.00. The fourth-order valence-corrected chi connectivity index (χ4v) is 4.07. The van der Waals surface area contributed by atoms with Gasteiger partial charge in [0.05, 0.1) is 28.8 Å². The first kappa shape index (κ1) is 16.5. The lowest BCUT2D eigenvalue weighted by molar-refractivity contribution is 0.0176. The van der Waals surface area contributed by atoms with Gasteiger partial charge in [0.2, 0.25) is 0 Å². The smallest absolute Gasteiger partial charge is 0.258 e. The zero-order valence-corrected chi connectivity index (χ0v) is 14.8. The number of pyridine rings is 1. The average molecular weight is 344 g/mol. The Bertz CT molecular complexity index is 812. The van der Waals surface area contributed by atoms with Crippen LogP contribution in [0.3, 0.4) is 0 Å². The molecule has 2 aliphatic rings. The van der Waals surface area contributed by atoms with Gasteiger partial charge in [-0.05, 0) is 52.3 Å². The Balaban J connectivity index is 1.57. The maximum Gasteiger partial charge on any atom is 0.258 e. The lowest BCUT2D eigenvalue weighted by Gasteiger charge is -2.28. The van der Waals surface area contributed by atoms with Crippen molar-refractivity contribution in [3.63, 3.8) is 0 Å². The van der Waals surface area contributed by atoms with Gasteiger partial charge in [0.1, 0.15) is 0 Å². The molecule has 7 nitrogen and oxygen atoms in total. The summed E-state index contributed by atoms with van der Waals surface area (Å²) in [5.74, 6) is -0.0841. The van der Waals surface area contributed by atoms with Crippen LogP contribution in [-0.2, 0) is 0 Å². The largest absolute Gasteiger partial charge is 0.387 e. The van der Waals surface area contributed by atoms with Gasteiger partial charge in [0.25, 0.3) is 11.6 Å². The van der Waals surface area contributed by atoms with E-state index in [2.05, 4.69) is 15.0 Å². The molecule has 134 valence electrons. The van der Waals surface area contributed by atoms with E-state index in [1.165, 1.54) is 12.8 Å². The van der Waals surface area contributed by atoms with Crippen LogP contribution in [0.2, 0.25) is 0 Å². The highest BCUT2D eigenvalue weighted by atomic mass is 16.5. The number of hydrogen-bond acceptors (Lipinski definition) is 6. The number of β-amino-alcohol motifs (C(OH)–C–C–N with tert-alkyl or cyclic N) is 1. The fourth-order valence-electron chi connectivity index (χ4n) is 4.07. The minimum Gasteiger partial charge on any atom is -0.387 e. The number of nitrogens with zero attached hydrogens (tertiary/aromatic N) is 4. The normalized spacial score (nSPS) is 24.5. The van der Waals surface area contributed by atoms with Crippen molar-refractivity contribution < 1.29 is 14.4 Å². The van der Waals surface area contributed by atoms with Crippen molar-refractivity contribution >= 4 is 17.0 Å². The molecule has 4 rings (SSSR count). The molecule has 7 heteroatoms. The lowest BCUT2D eigenvalue weighted by atomic mass is 10.0. The van der Waals surface area contributed by atoms with E-state index >= 15 is 0 Å². The number of likely N-dealkylation sites (tertiary alicyclic amines) is 2. The van der Waals surface area contributed by atoms with E-state index in [1.807, 2.05) is 13.8 Å². The summed E-state index contributed by atoms with van der Waals surface area (Å²) < 4.78 is 5.22. The van der Waals surface area contributed by atoms with Crippen LogP contribution in [-0.4, -0.2) is 69.3 Å². The Hall–Kier alpha value is -1.99. The van der Waals surface area contributed by atoms with Crippen molar-refractivity contribution in [2.75, 3.05) is 32.7 Å². The van der Waals surface area contributed by atoms with E-state index in [9.17, 15) is 9.90 Å². The second kappa shape index (κ2) is 6.07. The quantitative estimate of drug-likeness (QED) is 0.909. The molecule has 2 fully saturated rings. The van der Waals surface area contributed by atoms with Crippen LogP contribution in [0.1, 0.15) is 41.0 Å². The van der Waals surface area contributed by atoms with Crippen molar-refractivity contribution in [2.45, 2.75) is 38.7 Å². The number of amides is 1. The molecular weight excluding hydrogens is 320 g/mol. The van der Waals surface area contributed by atoms with E-state index in [0.29, 0.717) is 48.4 Å². The minimum absolute atomic E-state index is 0.0841. The molecule has 0 unspecified atom stereocenters. The van der Waals surface area contributed by atoms with Gasteiger partial charge < -0.3 is 19.4 Å². The first-order valence-electron chi connectivity index (χ1n) is 8.93. The summed E-state index contributed by atoms with van der Waals surface area (Å²) in [6.45, 7) is 7.31. The molecule has 4 heterocycles. The Morgan fingerprint density at radius 3 is 2.84 bits per heavy atom. The van der Waals surface area contributed by atoms with Gasteiger partial charge in [0, 0.05) is 18.8 Å². The van der Waals surface area contributed by atoms with E-state index in [4.69, 9.17) is 4.52 Å². The average Bonchev–Trinajstić information content (AvgIpc) is 3.28. The molecule has 0 bridgehead atoms. The lowest BCUT2D eigenvalue weighted by Crippen LogP contribution is -2.45. The molecular formula is C18H24N4O3. The monoisotopic (exact) mass is 344 g/mol. The molecule has 2 aromatic rings. The van der Waals surface area contributed by atoms with E-state index in [0.717, 1.165) is 18.8 Å². The van der Waals surface area contributed by atoms with Crippen LogP contribution in [0.15, 0.2) is 10.6 Å². The molecule has 1 amide bonds. The van der Waals surface area contributed by atoms with Crippen LogP contribution in [0.4, 0.5) is 0 Å². The van der Waals surface area contributed by atoms with E-state index in [-0.39, 0.29) is 5.91 Å². The molecule has 1 atom stereocenters. The van der Waals surface area contributed by atoms with Gasteiger partial charge in [-0.3, -0.25) is 4.79 Å². The van der Waals surface area contributed by atoms with Crippen molar-refractivity contribution in [1.82, 2.24) is 19.9 Å². The third-order valence-electron chi connectivity index (χ3n) is 5.31. The second-order valence-electron chi connectivity index (χ2n) is 7.44. The van der Waals surface area contributed by atoms with Gasteiger partial charge in [-0.2, -0.15) is 0 Å². The molecule has 2 aromatic heterocycles. The molecule has 25 heavy (non-hydrogen) atoms. The molecule has 0 radical (unpaired) electrons. The highest BCUT2D eigenvalue weighted by Crippen LogP contribution is 2.28. The van der Waals surface area contributed by atoms with Crippen molar-refractivity contribution in [1.29, 1.82) is 0 Å². The van der Waals surface area contributed by atoms with Crippen LogP contribution < -0.4 is 0 Å². The molecule has 2 saturated heterocycles. The van der Waals surface area contributed by atoms with Crippen LogP contribution in [0.5, 0.6) is 0 Å². The standard InChI is InChI=1S/C18H24N4O3/c1-12-9-14(15-13(2)20-25-16(15)19-12)17(23)22-8-5-18(24,11-22)10-21-6-3-4-7-21/h9,24H,3-8,10-11H2,1-2H3/t18-/m1/s1. The maximum atomic E-state index is 13.1. The first-order valence-corrected chi connectivity index (χ1v) is 8.93. The number of fused-ring (bicyclic) bond motifs is 1. The molecule has 1 N–H and O–H groups in total. The molecule has 2 aliphatic heterocycles. The number of aromatic nitrogens is 2. The zero-order chi connectivity index (χ0) is 17.6. The summed E-state index contributed by atoms with van der Waals surface area (Å²) >= 11 is 0. The number of aryl methyl sites for hydroxylation is 2.